The lowest BCUT2D eigenvalue weighted by atomic mass is 9.99. The number of hydrogen-bond donors (Lipinski definition) is 3. The maximum Gasteiger partial charge on any atom is 0.404 e. The summed E-state index contributed by atoms with van der Waals surface area (Å²) in [5, 5.41) is 20.6. The number of aldehydes is 1. The number of esters is 1. The minimum atomic E-state index is -1.31. The van der Waals surface area contributed by atoms with Crippen LogP contribution in [-0.4, -0.2) is 53.0 Å². The molecule has 0 saturated carbocycles. The number of amides is 1. The van der Waals surface area contributed by atoms with Gasteiger partial charge in [0.05, 0.1) is 0 Å². The molecule has 0 radical (unpaired) electrons. The van der Waals surface area contributed by atoms with Crippen LogP contribution in [0.2, 0.25) is 0 Å². The third kappa shape index (κ3) is 12.9. The van der Waals surface area contributed by atoms with Crippen LogP contribution in [0.4, 0.5) is 4.79 Å². The van der Waals surface area contributed by atoms with Crippen molar-refractivity contribution < 1.29 is 34.1 Å². The number of ether oxygens (including phenoxy) is 2. The number of rotatable bonds is 4. The average molecular weight is 490 g/mol. The van der Waals surface area contributed by atoms with E-state index in [0.717, 1.165) is 17.4 Å². The van der Waals surface area contributed by atoms with E-state index in [0.29, 0.717) is 38.5 Å². The largest absolute Gasteiger partial charge is 0.454 e. The molecule has 1 aliphatic heterocycles. The summed E-state index contributed by atoms with van der Waals surface area (Å²) in [5.74, 6) is -0.761. The van der Waals surface area contributed by atoms with Crippen LogP contribution in [0, 0.1) is 5.92 Å². The van der Waals surface area contributed by atoms with E-state index in [2.05, 4.69) is 0 Å². The number of primary amides is 1. The highest BCUT2D eigenvalue weighted by Gasteiger charge is 2.27. The third-order valence-electron chi connectivity index (χ3n) is 5.48. The number of aliphatic hydroxyl groups excluding tert-OH is 2. The lowest BCUT2D eigenvalue weighted by Crippen LogP contribution is -2.40. The van der Waals surface area contributed by atoms with Crippen LogP contribution in [-0.2, 0) is 19.1 Å². The van der Waals surface area contributed by atoms with Crippen molar-refractivity contribution in [2.75, 3.05) is 0 Å². The lowest BCUT2D eigenvalue weighted by molar-refractivity contribution is -0.141. The van der Waals surface area contributed by atoms with E-state index in [1.165, 1.54) is 12.2 Å². The van der Waals surface area contributed by atoms with Crippen molar-refractivity contribution in [2.45, 2.75) is 83.7 Å². The van der Waals surface area contributed by atoms with Crippen LogP contribution in [0.5, 0.6) is 0 Å². The van der Waals surface area contributed by atoms with Crippen LogP contribution in [0.25, 0.3) is 0 Å². The standard InChI is InChI=1S/C27H39NO7/c1-19-12-8-4-6-10-14-23(35-27(28)33)26(32)22(30)13-9-5-7-11-15-25(31)34-24(17-19)21(3)16-20(2)18-29/h4,8-9,11-13,15-16,18,20,22-24,26,30,32H,5-7,10,14,17H2,1-3H3,(H2,28,33)/b8-4?,13-9?,15-11?,19-12?,21-16+. The Labute approximate surface area is 207 Å². The topological polar surface area (TPSA) is 136 Å². The van der Waals surface area contributed by atoms with E-state index in [4.69, 9.17) is 15.2 Å². The van der Waals surface area contributed by atoms with Gasteiger partial charge in [-0.3, -0.25) is 0 Å². The molecule has 0 aromatic heterocycles. The van der Waals surface area contributed by atoms with Crippen molar-refractivity contribution in [1.82, 2.24) is 0 Å². The minimum Gasteiger partial charge on any atom is -0.454 e. The second-order valence-electron chi connectivity index (χ2n) is 8.77. The van der Waals surface area contributed by atoms with Gasteiger partial charge in [-0.05, 0) is 51.5 Å². The van der Waals surface area contributed by atoms with Crippen LogP contribution in [0.1, 0.15) is 59.3 Å². The fourth-order valence-corrected chi connectivity index (χ4v) is 3.55. The summed E-state index contributed by atoms with van der Waals surface area (Å²) >= 11 is 0. The van der Waals surface area contributed by atoms with Crippen LogP contribution in [0.3, 0.4) is 0 Å². The molecule has 0 aromatic carbocycles. The van der Waals surface area contributed by atoms with Gasteiger partial charge >= 0.3 is 12.1 Å². The Hall–Kier alpha value is -2.97. The first-order chi connectivity index (χ1) is 16.6. The number of allylic oxidation sites excluding steroid dienone is 6. The predicted octanol–water partition coefficient (Wildman–Crippen LogP) is 3.83. The Bertz CT molecular complexity index is 840. The van der Waals surface area contributed by atoms with Crippen molar-refractivity contribution in [2.24, 2.45) is 11.7 Å². The Morgan fingerprint density at radius 2 is 1.94 bits per heavy atom. The molecule has 5 atom stereocenters. The molecule has 1 rings (SSSR count). The van der Waals surface area contributed by atoms with Gasteiger partial charge in [-0.15, -0.1) is 0 Å². The number of carbonyl (C=O) groups excluding carboxylic acids is 3. The quantitative estimate of drug-likeness (QED) is 0.310. The first-order valence-corrected chi connectivity index (χ1v) is 12.0. The Morgan fingerprint density at radius 1 is 1.23 bits per heavy atom. The maximum atomic E-state index is 12.4. The fourth-order valence-electron chi connectivity index (χ4n) is 3.55. The predicted molar refractivity (Wildman–Crippen MR) is 134 cm³/mol. The summed E-state index contributed by atoms with van der Waals surface area (Å²) < 4.78 is 10.7. The van der Waals surface area contributed by atoms with Crippen LogP contribution >= 0.6 is 0 Å². The number of nitrogens with two attached hydrogens (primary N) is 1. The molecule has 35 heavy (non-hydrogen) atoms. The first-order valence-electron chi connectivity index (χ1n) is 12.0. The number of cyclic esters (lactones) is 1. The molecule has 0 aliphatic carbocycles. The van der Waals surface area contributed by atoms with Gasteiger partial charge in [-0.25, -0.2) is 9.59 Å². The summed E-state index contributed by atoms with van der Waals surface area (Å²) in [6.07, 6.45) is 12.7. The molecular formula is C27H39NO7. The van der Waals surface area contributed by atoms with Crippen molar-refractivity contribution in [1.29, 1.82) is 0 Å². The summed E-state index contributed by atoms with van der Waals surface area (Å²) in [7, 11) is 0. The second kappa shape index (κ2) is 16.6. The Kier molecular flexibility index (Phi) is 14.3. The first kappa shape index (κ1) is 30.1. The van der Waals surface area contributed by atoms with E-state index < -0.39 is 36.5 Å². The molecule has 1 aliphatic rings. The maximum absolute atomic E-state index is 12.4. The lowest BCUT2D eigenvalue weighted by Gasteiger charge is -2.24. The molecule has 8 nitrogen and oxygen atoms in total. The molecule has 0 saturated heterocycles. The second-order valence-corrected chi connectivity index (χ2v) is 8.77. The van der Waals surface area contributed by atoms with Gasteiger partial charge in [-0.1, -0.05) is 55.0 Å². The summed E-state index contributed by atoms with van der Waals surface area (Å²) in [6, 6.07) is 0. The third-order valence-corrected chi connectivity index (χ3v) is 5.48. The molecule has 0 fully saturated rings. The Morgan fingerprint density at radius 3 is 2.63 bits per heavy atom. The van der Waals surface area contributed by atoms with Gasteiger partial charge in [0, 0.05) is 18.4 Å². The van der Waals surface area contributed by atoms with E-state index in [1.54, 1.807) is 25.2 Å². The highest BCUT2D eigenvalue weighted by Crippen LogP contribution is 2.19. The summed E-state index contributed by atoms with van der Waals surface area (Å²) in [4.78, 5) is 34.6. The van der Waals surface area contributed by atoms with Gasteiger partial charge in [0.15, 0.2) is 0 Å². The smallest absolute Gasteiger partial charge is 0.404 e. The highest BCUT2D eigenvalue weighted by atomic mass is 16.6. The summed E-state index contributed by atoms with van der Waals surface area (Å²) in [6.45, 7) is 5.56. The molecule has 5 unspecified atom stereocenters. The van der Waals surface area contributed by atoms with Gasteiger partial charge in [0.25, 0.3) is 0 Å². The van der Waals surface area contributed by atoms with Crippen molar-refractivity contribution in [3.8, 4) is 0 Å². The van der Waals surface area contributed by atoms with Crippen molar-refractivity contribution in [3.63, 3.8) is 0 Å². The molecule has 194 valence electrons. The number of carbonyl (C=O) groups is 3. The average Bonchev–Trinajstić information content (AvgIpc) is 2.80. The summed E-state index contributed by atoms with van der Waals surface area (Å²) in [5.41, 5.74) is 6.92. The van der Waals surface area contributed by atoms with Gasteiger partial charge in [0.1, 0.15) is 30.7 Å². The molecule has 0 aromatic rings. The van der Waals surface area contributed by atoms with Crippen molar-refractivity contribution in [3.05, 3.63) is 59.8 Å². The molecule has 4 N–H and O–H groups in total. The van der Waals surface area contributed by atoms with E-state index in [9.17, 15) is 24.6 Å². The molecule has 0 bridgehead atoms. The van der Waals surface area contributed by atoms with Gasteiger partial charge in [-0.2, -0.15) is 0 Å². The van der Waals surface area contributed by atoms with E-state index in [1.807, 2.05) is 32.1 Å². The molecule has 1 amide bonds. The SMILES string of the molecule is CC1=CC=CCCCC(OC(N)=O)C(O)C(O)C=CCCC=CC(=O)OC(/C(C)=C/C(C)C=O)C1. The van der Waals surface area contributed by atoms with Crippen LogP contribution in [0.15, 0.2) is 59.8 Å². The molecule has 8 heteroatoms. The van der Waals surface area contributed by atoms with E-state index >= 15 is 0 Å². The molecular weight excluding hydrogens is 450 g/mol. The minimum absolute atomic E-state index is 0.280. The number of aliphatic hydroxyl groups is 2. The monoisotopic (exact) mass is 489 g/mol. The number of hydrogen-bond acceptors (Lipinski definition) is 7. The van der Waals surface area contributed by atoms with Crippen LogP contribution < -0.4 is 5.73 Å². The van der Waals surface area contributed by atoms with Crippen molar-refractivity contribution >= 4 is 18.3 Å². The molecule has 0 spiro atoms. The highest BCUT2D eigenvalue weighted by molar-refractivity contribution is 5.82. The van der Waals surface area contributed by atoms with Gasteiger partial charge < -0.3 is 30.2 Å². The fraction of sp³-hybridized carbons (Fsp3) is 0.519. The zero-order chi connectivity index (χ0) is 26.2. The normalized spacial score (nSPS) is 26.8. The zero-order valence-electron chi connectivity index (χ0n) is 20.8. The molecule has 1 heterocycles. The Balaban J connectivity index is 3.06. The van der Waals surface area contributed by atoms with Gasteiger partial charge in [0.2, 0.25) is 0 Å². The van der Waals surface area contributed by atoms with E-state index in [-0.39, 0.29) is 5.92 Å². The zero-order valence-corrected chi connectivity index (χ0v) is 20.8.